The molecule has 8 heteroatoms. The Morgan fingerprint density at radius 1 is 1.07 bits per heavy atom. The van der Waals surface area contributed by atoms with Crippen molar-refractivity contribution in [2.45, 2.75) is 30.1 Å². The number of carbonyl (C=O) groups excluding carboxylic acids is 1. The van der Waals surface area contributed by atoms with E-state index < -0.39 is 15.4 Å². The lowest BCUT2D eigenvalue weighted by molar-refractivity contribution is -0.114. The van der Waals surface area contributed by atoms with Crippen LogP contribution in [0.15, 0.2) is 53.4 Å². The fraction of sp³-hybridized carbons (Fsp3) is 0.350. The Hall–Kier alpha value is -2.29. The number of halogens is 1. The highest BCUT2D eigenvalue weighted by Gasteiger charge is 2.35. The average molecular weight is 406 g/mol. The topological polar surface area (TPSA) is 84.5 Å². The fourth-order valence-electron chi connectivity index (χ4n) is 3.37. The highest BCUT2D eigenvalue weighted by Crippen LogP contribution is 2.34. The maximum atomic E-state index is 13.3. The molecule has 0 aromatic heterocycles. The van der Waals surface area contributed by atoms with Gasteiger partial charge in [-0.3, -0.25) is 4.79 Å². The van der Waals surface area contributed by atoms with Crippen molar-refractivity contribution in [3.05, 3.63) is 59.9 Å². The minimum absolute atomic E-state index is 0.114. The van der Waals surface area contributed by atoms with Crippen molar-refractivity contribution in [2.75, 3.05) is 25.1 Å². The first-order valence-corrected chi connectivity index (χ1v) is 10.5. The Kier molecular flexibility index (Phi) is 6.12. The van der Waals surface area contributed by atoms with E-state index in [1.165, 1.54) is 31.2 Å². The molecule has 3 rings (SSSR count). The molecule has 2 aromatic rings. The molecule has 0 spiro atoms. The van der Waals surface area contributed by atoms with Crippen molar-refractivity contribution < 1.29 is 22.3 Å². The normalized spacial score (nSPS) is 16.5. The molecule has 0 aliphatic carbocycles. The molecule has 0 unspecified atom stereocenters. The fourth-order valence-corrected chi connectivity index (χ4v) is 4.50. The van der Waals surface area contributed by atoms with Crippen LogP contribution < -0.4 is 10.0 Å². The number of hydrogen-bond acceptors (Lipinski definition) is 4. The monoisotopic (exact) mass is 406 g/mol. The summed E-state index contributed by atoms with van der Waals surface area (Å²) in [5.74, 6) is -0.555. The van der Waals surface area contributed by atoms with Gasteiger partial charge in [-0.1, -0.05) is 12.1 Å². The van der Waals surface area contributed by atoms with Crippen molar-refractivity contribution in [3.8, 4) is 0 Å². The van der Waals surface area contributed by atoms with Crippen molar-refractivity contribution in [1.29, 1.82) is 0 Å². The lowest BCUT2D eigenvalue weighted by atomic mass is 9.74. The van der Waals surface area contributed by atoms with Gasteiger partial charge in [-0.05, 0) is 54.8 Å². The van der Waals surface area contributed by atoms with Gasteiger partial charge in [0.1, 0.15) is 5.82 Å². The molecule has 0 saturated carbocycles. The van der Waals surface area contributed by atoms with Gasteiger partial charge in [0.05, 0.1) is 4.90 Å². The first kappa shape index (κ1) is 20.4. The standard InChI is InChI=1S/C20H23FN2O4S/c1-15(24)23-18-6-8-19(9-7-18)28(25,26)22-14-20(10-12-27-13-11-20)16-2-4-17(21)5-3-16/h2-9,22H,10-14H2,1H3,(H,23,24). The molecule has 2 aromatic carbocycles. The minimum Gasteiger partial charge on any atom is -0.381 e. The summed E-state index contributed by atoms with van der Waals surface area (Å²) in [4.78, 5) is 11.2. The number of anilines is 1. The highest BCUT2D eigenvalue weighted by molar-refractivity contribution is 7.89. The van der Waals surface area contributed by atoms with Gasteiger partial charge in [0.15, 0.2) is 0 Å². The van der Waals surface area contributed by atoms with E-state index in [-0.39, 0.29) is 23.2 Å². The average Bonchev–Trinajstić information content (AvgIpc) is 2.68. The highest BCUT2D eigenvalue weighted by atomic mass is 32.2. The first-order chi connectivity index (χ1) is 13.3. The van der Waals surface area contributed by atoms with E-state index >= 15 is 0 Å². The quantitative estimate of drug-likeness (QED) is 0.773. The van der Waals surface area contributed by atoms with Crippen LogP contribution in [0.25, 0.3) is 0 Å². The zero-order chi connectivity index (χ0) is 20.2. The predicted molar refractivity (Wildman–Crippen MR) is 104 cm³/mol. The van der Waals surface area contributed by atoms with Crippen LogP contribution in [0.1, 0.15) is 25.3 Å². The van der Waals surface area contributed by atoms with E-state index in [2.05, 4.69) is 10.0 Å². The Labute approximate surface area is 164 Å². The molecule has 6 nitrogen and oxygen atoms in total. The number of carbonyl (C=O) groups is 1. The van der Waals surface area contributed by atoms with Crippen LogP contribution in [0, 0.1) is 5.82 Å². The Morgan fingerprint density at radius 3 is 2.25 bits per heavy atom. The van der Waals surface area contributed by atoms with E-state index in [0.717, 1.165) is 5.56 Å². The van der Waals surface area contributed by atoms with Crippen LogP contribution in [-0.2, 0) is 25.0 Å². The molecule has 1 fully saturated rings. The molecule has 1 heterocycles. The van der Waals surface area contributed by atoms with Crippen LogP contribution in [0.3, 0.4) is 0 Å². The molecule has 0 atom stereocenters. The van der Waals surface area contributed by atoms with Gasteiger partial charge >= 0.3 is 0 Å². The number of benzene rings is 2. The van der Waals surface area contributed by atoms with Crippen molar-refractivity contribution in [3.63, 3.8) is 0 Å². The third-order valence-corrected chi connectivity index (χ3v) is 6.41. The molecule has 1 aliphatic rings. The Balaban J connectivity index is 1.78. The molecular formula is C20H23FN2O4S. The molecule has 2 N–H and O–H groups in total. The third-order valence-electron chi connectivity index (χ3n) is 4.99. The molecule has 1 saturated heterocycles. The number of ether oxygens (including phenoxy) is 1. The van der Waals surface area contributed by atoms with Crippen LogP contribution in [0.2, 0.25) is 0 Å². The van der Waals surface area contributed by atoms with Crippen LogP contribution in [-0.4, -0.2) is 34.1 Å². The SMILES string of the molecule is CC(=O)Nc1ccc(S(=O)(=O)NCC2(c3ccc(F)cc3)CCOCC2)cc1. The molecular weight excluding hydrogens is 383 g/mol. The van der Waals surface area contributed by atoms with E-state index in [1.54, 1.807) is 24.3 Å². The van der Waals surface area contributed by atoms with E-state index in [9.17, 15) is 17.6 Å². The zero-order valence-corrected chi connectivity index (χ0v) is 16.4. The second kappa shape index (κ2) is 8.38. The second-order valence-corrected chi connectivity index (χ2v) is 8.70. The number of rotatable bonds is 6. The molecule has 0 bridgehead atoms. The zero-order valence-electron chi connectivity index (χ0n) is 15.6. The maximum Gasteiger partial charge on any atom is 0.240 e. The van der Waals surface area contributed by atoms with Crippen LogP contribution in [0.4, 0.5) is 10.1 Å². The van der Waals surface area contributed by atoms with Crippen molar-refractivity contribution >= 4 is 21.6 Å². The lowest BCUT2D eigenvalue weighted by Gasteiger charge is -2.37. The van der Waals surface area contributed by atoms with Gasteiger partial charge in [-0.15, -0.1) is 0 Å². The number of hydrogen-bond donors (Lipinski definition) is 2. The van der Waals surface area contributed by atoms with Gasteiger partial charge in [-0.2, -0.15) is 0 Å². The smallest absolute Gasteiger partial charge is 0.240 e. The van der Waals surface area contributed by atoms with Gasteiger partial charge in [0.2, 0.25) is 15.9 Å². The number of nitrogens with one attached hydrogen (secondary N) is 2. The van der Waals surface area contributed by atoms with Gasteiger partial charge < -0.3 is 10.1 Å². The Bertz CT molecular complexity index is 922. The molecule has 1 aliphatic heterocycles. The molecule has 1 amide bonds. The second-order valence-electron chi connectivity index (χ2n) is 6.93. The van der Waals surface area contributed by atoms with Gasteiger partial charge in [-0.25, -0.2) is 17.5 Å². The van der Waals surface area contributed by atoms with Crippen LogP contribution in [0.5, 0.6) is 0 Å². The largest absolute Gasteiger partial charge is 0.381 e. The van der Waals surface area contributed by atoms with Crippen molar-refractivity contribution in [1.82, 2.24) is 4.72 Å². The molecule has 150 valence electrons. The Morgan fingerprint density at radius 2 is 1.68 bits per heavy atom. The molecule has 28 heavy (non-hydrogen) atoms. The number of sulfonamides is 1. The predicted octanol–water partition coefficient (Wildman–Crippen LogP) is 2.81. The van der Waals surface area contributed by atoms with E-state index in [0.29, 0.717) is 31.7 Å². The molecule has 0 radical (unpaired) electrons. The summed E-state index contributed by atoms with van der Waals surface area (Å²) in [5.41, 5.74) is 0.967. The summed E-state index contributed by atoms with van der Waals surface area (Å²) in [6.07, 6.45) is 1.28. The van der Waals surface area contributed by atoms with E-state index in [4.69, 9.17) is 4.74 Å². The third kappa shape index (κ3) is 4.76. The maximum absolute atomic E-state index is 13.3. The summed E-state index contributed by atoms with van der Waals surface area (Å²) in [6, 6.07) is 12.2. The summed E-state index contributed by atoms with van der Waals surface area (Å²) in [5, 5.41) is 2.60. The van der Waals surface area contributed by atoms with Gasteiger partial charge in [0, 0.05) is 37.8 Å². The van der Waals surface area contributed by atoms with E-state index in [1.807, 2.05) is 0 Å². The van der Waals surface area contributed by atoms with Crippen molar-refractivity contribution in [2.24, 2.45) is 0 Å². The first-order valence-electron chi connectivity index (χ1n) is 9.02. The van der Waals surface area contributed by atoms with Crippen LogP contribution >= 0.6 is 0 Å². The summed E-state index contributed by atoms with van der Waals surface area (Å²) in [6.45, 7) is 2.61. The number of amides is 1. The van der Waals surface area contributed by atoms with Gasteiger partial charge in [0.25, 0.3) is 0 Å². The summed E-state index contributed by atoms with van der Waals surface area (Å²) in [7, 11) is -3.74. The summed E-state index contributed by atoms with van der Waals surface area (Å²) < 4.78 is 47.0. The minimum atomic E-state index is -3.74. The summed E-state index contributed by atoms with van der Waals surface area (Å²) >= 11 is 0. The lowest BCUT2D eigenvalue weighted by Crippen LogP contribution is -2.44.